The van der Waals surface area contributed by atoms with Gasteiger partial charge in [-0.25, -0.2) is 8.78 Å². The fraction of sp³-hybridized carbons (Fsp3) is 0.500. The highest BCUT2D eigenvalue weighted by Gasteiger charge is 2.25. The molecule has 1 aromatic carbocycles. The average Bonchev–Trinajstić information content (AvgIpc) is 2.36. The molecule has 1 aliphatic rings. The highest BCUT2D eigenvalue weighted by Crippen LogP contribution is 2.21. The summed E-state index contributed by atoms with van der Waals surface area (Å²) in [4.78, 5) is 12.0. The maximum Gasteiger partial charge on any atom is 0.241 e. The van der Waals surface area contributed by atoms with Crippen LogP contribution in [0.25, 0.3) is 0 Å². The van der Waals surface area contributed by atoms with Gasteiger partial charge in [0.25, 0.3) is 0 Å². The number of halogens is 2. The zero-order valence-corrected chi connectivity index (χ0v) is 11.1. The van der Waals surface area contributed by atoms with Crippen molar-refractivity contribution < 1.29 is 13.6 Å². The van der Waals surface area contributed by atoms with E-state index in [4.69, 9.17) is 0 Å². The van der Waals surface area contributed by atoms with E-state index >= 15 is 0 Å². The van der Waals surface area contributed by atoms with Crippen molar-refractivity contribution in [3.63, 3.8) is 0 Å². The van der Waals surface area contributed by atoms with Gasteiger partial charge in [0.15, 0.2) is 0 Å². The molecule has 1 amide bonds. The quantitative estimate of drug-likeness (QED) is 0.865. The first kappa shape index (κ1) is 13.9. The topological polar surface area (TPSA) is 41.1 Å². The van der Waals surface area contributed by atoms with Gasteiger partial charge in [-0.1, -0.05) is 6.92 Å². The first-order chi connectivity index (χ1) is 8.97. The lowest BCUT2D eigenvalue weighted by Crippen LogP contribution is -2.45. The van der Waals surface area contributed by atoms with Crippen LogP contribution in [0.2, 0.25) is 0 Å². The van der Waals surface area contributed by atoms with Crippen molar-refractivity contribution in [3.8, 4) is 0 Å². The molecule has 0 radical (unpaired) electrons. The first-order valence-electron chi connectivity index (χ1n) is 6.47. The molecule has 1 fully saturated rings. The predicted molar refractivity (Wildman–Crippen MR) is 69.9 cm³/mol. The number of aryl methyl sites for hydroxylation is 1. The van der Waals surface area contributed by atoms with Crippen LogP contribution in [0, 0.1) is 24.5 Å². The fourth-order valence-corrected chi connectivity index (χ4v) is 2.27. The van der Waals surface area contributed by atoms with Crippen molar-refractivity contribution in [2.45, 2.75) is 32.7 Å². The number of carbonyl (C=O) groups is 1. The lowest BCUT2D eigenvalue weighted by Gasteiger charge is -2.27. The van der Waals surface area contributed by atoms with Crippen molar-refractivity contribution >= 4 is 11.6 Å². The predicted octanol–water partition coefficient (Wildman–Crippen LogP) is 2.60. The molecule has 19 heavy (non-hydrogen) atoms. The SMILES string of the molecule is Cc1cc(F)c(NC(=O)C2CC(C)CCN2)cc1F. The summed E-state index contributed by atoms with van der Waals surface area (Å²) < 4.78 is 27.0. The molecule has 0 bridgehead atoms. The van der Waals surface area contributed by atoms with Crippen LogP contribution in [0.3, 0.4) is 0 Å². The normalized spacial score (nSPS) is 23.2. The van der Waals surface area contributed by atoms with E-state index < -0.39 is 11.6 Å². The van der Waals surface area contributed by atoms with E-state index in [9.17, 15) is 13.6 Å². The summed E-state index contributed by atoms with van der Waals surface area (Å²) >= 11 is 0. The summed E-state index contributed by atoms with van der Waals surface area (Å²) in [7, 11) is 0. The van der Waals surface area contributed by atoms with Crippen molar-refractivity contribution in [3.05, 3.63) is 29.3 Å². The molecule has 2 atom stereocenters. The van der Waals surface area contributed by atoms with E-state index in [1.165, 1.54) is 6.92 Å². The fourth-order valence-electron chi connectivity index (χ4n) is 2.27. The van der Waals surface area contributed by atoms with Crippen LogP contribution in [-0.2, 0) is 4.79 Å². The Kier molecular flexibility index (Phi) is 4.14. The van der Waals surface area contributed by atoms with Crippen LogP contribution in [0.5, 0.6) is 0 Å². The van der Waals surface area contributed by atoms with E-state index in [-0.39, 0.29) is 23.2 Å². The summed E-state index contributed by atoms with van der Waals surface area (Å²) in [5.74, 6) is -0.997. The van der Waals surface area contributed by atoms with Crippen LogP contribution in [0.15, 0.2) is 12.1 Å². The molecule has 2 rings (SSSR count). The first-order valence-corrected chi connectivity index (χ1v) is 6.47. The molecule has 1 saturated heterocycles. The van der Waals surface area contributed by atoms with Crippen LogP contribution in [-0.4, -0.2) is 18.5 Å². The third kappa shape index (κ3) is 3.29. The number of hydrogen-bond acceptors (Lipinski definition) is 2. The Bertz CT molecular complexity index is 491. The van der Waals surface area contributed by atoms with Gasteiger partial charge in [-0.15, -0.1) is 0 Å². The van der Waals surface area contributed by atoms with Crippen molar-refractivity contribution in [2.24, 2.45) is 5.92 Å². The Morgan fingerprint density at radius 3 is 2.79 bits per heavy atom. The average molecular weight is 268 g/mol. The number of rotatable bonds is 2. The molecule has 0 aliphatic carbocycles. The second-order valence-corrected chi connectivity index (χ2v) is 5.21. The van der Waals surface area contributed by atoms with Crippen LogP contribution in [0.1, 0.15) is 25.3 Å². The van der Waals surface area contributed by atoms with Gasteiger partial charge in [0.2, 0.25) is 5.91 Å². The smallest absolute Gasteiger partial charge is 0.241 e. The third-order valence-corrected chi connectivity index (χ3v) is 3.49. The zero-order chi connectivity index (χ0) is 14.0. The second kappa shape index (κ2) is 5.65. The van der Waals surface area contributed by atoms with Crippen LogP contribution >= 0.6 is 0 Å². The van der Waals surface area contributed by atoms with Crippen LogP contribution in [0.4, 0.5) is 14.5 Å². The Balaban J connectivity index is 2.08. The van der Waals surface area contributed by atoms with Gasteiger partial charge in [0, 0.05) is 6.07 Å². The molecule has 5 heteroatoms. The Morgan fingerprint density at radius 1 is 1.37 bits per heavy atom. The zero-order valence-electron chi connectivity index (χ0n) is 11.1. The summed E-state index contributed by atoms with van der Waals surface area (Å²) in [5.41, 5.74) is 0.119. The maximum atomic E-state index is 13.6. The van der Waals surface area contributed by atoms with Gasteiger partial charge >= 0.3 is 0 Å². The molecule has 0 spiro atoms. The molecule has 104 valence electrons. The Hall–Kier alpha value is -1.49. The largest absolute Gasteiger partial charge is 0.322 e. The maximum absolute atomic E-state index is 13.6. The minimum atomic E-state index is -0.615. The molecular formula is C14H18F2N2O. The molecule has 1 aromatic rings. The minimum absolute atomic E-state index is 0.104. The van der Waals surface area contributed by atoms with E-state index in [1.54, 1.807) is 0 Å². The monoisotopic (exact) mass is 268 g/mol. The molecule has 2 N–H and O–H groups in total. The van der Waals surface area contributed by atoms with Crippen molar-refractivity contribution in [2.75, 3.05) is 11.9 Å². The number of carbonyl (C=O) groups excluding carboxylic acids is 1. The van der Waals surface area contributed by atoms with E-state index in [1.807, 2.05) is 0 Å². The van der Waals surface area contributed by atoms with Gasteiger partial charge in [0.05, 0.1) is 11.7 Å². The van der Waals surface area contributed by atoms with Gasteiger partial charge in [-0.05, 0) is 43.9 Å². The molecule has 2 unspecified atom stereocenters. The van der Waals surface area contributed by atoms with Gasteiger partial charge in [0.1, 0.15) is 11.6 Å². The number of hydrogen-bond donors (Lipinski definition) is 2. The summed E-state index contributed by atoms with van der Waals surface area (Å²) in [5, 5.41) is 5.54. The Morgan fingerprint density at radius 2 is 2.11 bits per heavy atom. The molecule has 3 nitrogen and oxygen atoms in total. The second-order valence-electron chi connectivity index (χ2n) is 5.21. The molecule has 0 aromatic heterocycles. The van der Waals surface area contributed by atoms with Crippen molar-refractivity contribution in [1.29, 1.82) is 0 Å². The minimum Gasteiger partial charge on any atom is -0.322 e. The number of benzene rings is 1. The van der Waals surface area contributed by atoms with E-state index in [0.29, 0.717) is 12.3 Å². The molecular weight excluding hydrogens is 250 g/mol. The van der Waals surface area contributed by atoms with Gasteiger partial charge < -0.3 is 10.6 Å². The van der Waals surface area contributed by atoms with Crippen LogP contribution < -0.4 is 10.6 Å². The third-order valence-electron chi connectivity index (χ3n) is 3.49. The molecule has 0 saturated carbocycles. The van der Waals surface area contributed by atoms with Gasteiger partial charge in [-0.3, -0.25) is 4.79 Å². The number of piperidine rings is 1. The standard InChI is InChI=1S/C14H18F2N2O/c1-8-3-4-17-13(5-8)14(19)18-12-7-10(15)9(2)6-11(12)16/h6-8,13,17H,3-5H2,1-2H3,(H,18,19). The molecule has 1 aliphatic heterocycles. The Labute approximate surface area is 111 Å². The number of anilines is 1. The lowest BCUT2D eigenvalue weighted by atomic mass is 9.94. The number of nitrogens with one attached hydrogen (secondary N) is 2. The van der Waals surface area contributed by atoms with Gasteiger partial charge in [-0.2, -0.15) is 0 Å². The summed E-state index contributed by atoms with van der Waals surface area (Å²) in [6, 6.07) is 1.77. The number of amides is 1. The lowest BCUT2D eigenvalue weighted by molar-refractivity contribution is -0.119. The highest BCUT2D eigenvalue weighted by molar-refractivity contribution is 5.95. The summed E-state index contributed by atoms with van der Waals surface area (Å²) in [6.07, 6.45) is 1.74. The molecule has 1 heterocycles. The van der Waals surface area contributed by atoms with E-state index in [2.05, 4.69) is 17.6 Å². The van der Waals surface area contributed by atoms with Crippen molar-refractivity contribution in [1.82, 2.24) is 5.32 Å². The van der Waals surface area contributed by atoms with E-state index in [0.717, 1.165) is 25.1 Å². The summed E-state index contributed by atoms with van der Waals surface area (Å²) in [6.45, 7) is 4.33. The highest BCUT2D eigenvalue weighted by atomic mass is 19.1.